The molecule has 0 bridgehead atoms. The van der Waals surface area contributed by atoms with E-state index >= 15 is 0 Å². The van der Waals surface area contributed by atoms with Crippen LogP contribution in [0.4, 0.5) is 0 Å². The van der Waals surface area contributed by atoms with Gasteiger partial charge in [-0.05, 0) is 18.6 Å². The molecule has 1 aromatic rings. The van der Waals surface area contributed by atoms with Gasteiger partial charge in [-0.25, -0.2) is 0 Å². The maximum absolute atomic E-state index is 12.2. The van der Waals surface area contributed by atoms with Crippen LogP contribution in [0.2, 0.25) is 0 Å². The molecule has 2 aliphatic rings. The van der Waals surface area contributed by atoms with Gasteiger partial charge >= 0.3 is 0 Å². The monoisotopic (exact) mass is 264 g/mol. The van der Waals surface area contributed by atoms with Crippen molar-refractivity contribution in [1.82, 2.24) is 0 Å². The van der Waals surface area contributed by atoms with Crippen LogP contribution in [0.5, 0.6) is 11.5 Å². The van der Waals surface area contributed by atoms with Crippen LogP contribution in [0.15, 0.2) is 18.2 Å². The van der Waals surface area contributed by atoms with Crippen molar-refractivity contribution < 1.29 is 14.3 Å². The van der Waals surface area contributed by atoms with Gasteiger partial charge in [-0.2, -0.15) is 11.8 Å². The molecular weight excluding hydrogens is 248 g/mol. The van der Waals surface area contributed by atoms with E-state index in [0.717, 1.165) is 17.9 Å². The molecule has 1 saturated heterocycles. The predicted octanol–water partition coefficient (Wildman–Crippen LogP) is 2.92. The highest BCUT2D eigenvalue weighted by Gasteiger charge is 2.45. The van der Waals surface area contributed by atoms with Crippen molar-refractivity contribution in [1.29, 1.82) is 0 Å². The normalized spacial score (nSPS) is 30.1. The maximum atomic E-state index is 12.2. The van der Waals surface area contributed by atoms with Crippen molar-refractivity contribution in [2.45, 2.75) is 30.6 Å². The number of fused-ring (bicyclic) bond motifs is 1. The first-order valence-electron chi connectivity index (χ1n) is 6.14. The summed E-state index contributed by atoms with van der Waals surface area (Å²) in [4.78, 5) is 12.2. The minimum absolute atomic E-state index is 0.189. The number of methoxy groups -OCH3 is 1. The largest absolute Gasteiger partial charge is 0.497 e. The Hall–Kier alpha value is -1.16. The molecule has 1 spiro atoms. The van der Waals surface area contributed by atoms with Crippen LogP contribution in [0, 0.1) is 0 Å². The Labute approximate surface area is 111 Å². The SMILES string of the molecule is COc1ccc2c(c1)OC1(CSC(C)C1)CC2=O. The van der Waals surface area contributed by atoms with E-state index in [0.29, 0.717) is 23.0 Å². The van der Waals surface area contributed by atoms with Gasteiger partial charge in [-0.15, -0.1) is 0 Å². The highest BCUT2D eigenvalue weighted by Crippen LogP contribution is 2.45. The first kappa shape index (κ1) is 11.9. The average Bonchev–Trinajstić information content (AvgIpc) is 2.69. The van der Waals surface area contributed by atoms with Crippen molar-refractivity contribution >= 4 is 17.5 Å². The fraction of sp³-hybridized carbons (Fsp3) is 0.500. The van der Waals surface area contributed by atoms with Crippen molar-refractivity contribution in [2.75, 3.05) is 12.9 Å². The van der Waals surface area contributed by atoms with Gasteiger partial charge in [0.1, 0.15) is 17.1 Å². The standard InChI is InChI=1S/C14H16O3S/c1-9-6-14(8-18-9)7-12(15)11-4-3-10(16-2)5-13(11)17-14/h3-5,9H,6-8H2,1-2H3. The lowest BCUT2D eigenvalue weighted by Crippen LogP contribution is -2.42. The van der Waals surface area contributed by atoms with Gasteiger partial charge in [0.05, 0.1) is 19.1 Å². The summed E-state index contributed by atoms with van der Waals surface area (Å²) in [7, 11) is 1.62. The van der Waals surface area contributed by atoms with E-state index in [1.807, 2.05) is 23.9 Å². The zero-order chi connectivity index (χ0) is 12.8. The van der Waals surface area contributed by atoms with Gasteiger partial charge in [0.2, 0.25) is 0 Å². The second-order valence-corrected chi connectivity index (χ2v) is 6.50. The van der Waals surface area contributed by atoms with Crippen LogP contribution in [0.3, 0.4) is 0 Å². The molecule has 96 valence electrons. The molecule has 0 radical (unpaired) electrons. The number of ether oxygens (including phenoxy) is 2. The number of carbonyl (C=O) groups excluding carboxylic acids is 1. The number of hydrogen-bond donors (Lipinski definition) is 0. The molecule has 0 aromatic heterocycles. The Bertz CT molecular complexity index is 500. The van der Waals surface area contributed by atoms with Crippen LogP contribution < -0.4 is 9.47 Å². The van der Waals surface area contributed by atoms with Gasteiger partial charge in [-0.3, -0.25) is 4.79 Å². The molecular formula is C14H16O3S. The third-order valence-electron chi connectivity index (χ3n) is 3.59. The lowest BCUT2D eigenvalue weighted by molar-refractivity contribution is 0.0540. The molecule has 2 atom stereocenters. The lowest BCUT2D eigenvalue weighted by Gasteiger charge is -2.34. The highest BCUT2D eigenvalue weighted by atomic mass is 32.2. The van der Waals surface area contributed by atoms with E-state index < -0.39 is 0 Å². The molecule has 3 nitrogen and oxygen atoms in total. The first-order valence-corrected chi connectivity index (χ1v) is 7.19. The van der Waals surface area contributed by atoms with E-state index in [1.54, 1.807) is 13.2 Å². The van der Waals surface area contributed by atoms with Gasteiger partial charge in [0, 0.05) is 17.1 Å². The zero-order valence-corrected chi connectivity index (χ0v) is 11.4. The summed E-state index contributed by atoms with van der Waals surface area (Å²) in [5.74, 6) is 2.50. The summed E-state index contributed by atoms with van der Waals surface area (Å²) in [5, 5.41) is 0.560. The fourth-order valence-corrected chi connectivity index (χ4v) is 4.02. The van der Waals surface area contributed by atoms with E-state index in [4.69, 9.17) is 9.47 Å². The quantitative estimate of drug-likeness (QED) is 0.781. The molecule has 3 rings (SSSR count). The van der Waals surface area contributed by atoms with E-state index in [2.05, 4.69) is 6.92 Å². The molecule has 2 heterocycles. The zero-order valence-electron chi connectivity index (χ0n) is 10.6. The molecule has 0 N–H and O–H groups in total. The number of rotatable bonds is 1. The summed E-state index contributed by atoms with van der Waals surface area (Å²) in [6.07, 6.45) is 1.45. The van der Waals surface area contributed by atoms with E-state index in [9.17, 15) is 4.79 Å². The van der Waals surface area contributed by atoms with Crippen LogP contribution in [-0.4, -0.2) is 29.5 Å². The molecule has 4 heteroatoms. The Morgan fingerprint density at radius 2 is 2.33 bits per heavy atom. The number of benzene rings is 1. The second kappa shape index (κ2) is 4.19. The smallest absolute Gasteiger partial charge is 0.170 e. The predicted molar refractivity (Wildman–Crippen MR) is 71.8 cm³/mol. The van der Waals surface area contributed by atoms with Crippen molar-refractivity contribution in [3.63, 3.8) is 0 Å². The highest BCUT2D eigenvalue weighted by molar-refractivity contribution is 8.00. The number of hydrogen-bond acceptors (Lipinski definition) is 4. The molecule has 2 unspecified atom stereocenters. The third-order valence-corrected chi connectivity index (χ3v) is 5.02. The molecule has 0 saturated carbocycles. The van der Waals surface area contributed by atoms with Gasteiger partial charge < -0.3 is 9.47 Å². The minimum Gasteiger partial charge on any atom is -0.497 e. The summed E-state index contributed by atoms with van der Waals surface area (Å²) in [5.41, 5.74) is 0.395. The molecule has 1 aromatic carbocycles. The Morgan fingerprint density at radius 1 is 1.50 bits per heavy atom. The summed E-state index contributed by atoms with van der Waals surface area (Å²) < 4.78 is 11.3. The van der Waals surface area contributed by atoms with Gasteiger partial charge in [0.15, 0.2) is 5.78 Å². The van der Waals surface area contributed by atoms with Gasteiger partial charge in [-0.1, -0.05) is 6.92 Å². The van der Waals surface area contributed by atoms with Crippen LogP contribution in [0.25, 0.3) is 0 Å². The van der Waals surface area contributed by atoms with Crippen molar-refractivity contribution in [3.8, 4) is 11.5 Å². The first-order chi connectivity index (χ1) is 8.62. The topological polar surface area (TPSA) is 35.5 Å². The van der Waals surface area contributed by atoms with Crippen molar-refractivity contribution in [3.05, 3.63) is 23.8 Å². The van der Waals surface area contributed by atoms with Crippen LogP contribution >= 0.6 is 11.8 Å². The molecule has 0 aliphatic carbocycles. The Kier molecular flexibility index (Phi) is 2.77. The number of carbonyl (C=O) groups is 1. The van der Waals surface area contributed by atoms with E-state index in [1.165, 1.54) is 0 Å². The van der Waals surface area contributed by atoms with Gasteiger partial charge in [0.25, 0.3) is 0 Å². The average molecular weight is 264 g/mol. The Balaban J connectivity index is 1.97. The second-order valence-electron chi connectivity index (χ2n) is 5.07. The Morgan fingerprint density at radius 3 is 3.00 bits per heavy atom. The number of Topliss-reactive ketones (excluding diaryl/α,β-unsaturated/α-hetero) is 1. The fourth-order valence-electron chi connectivity index (χ4n) is 2.73. The molecule has 0 amide bonds. The minimum atomic E-state index is -0.291. The van der Waals surface area contributed by atoms with E-state index in [-0.39, 0.29) is 11.4 Å². The molecule has 18 heavy (non-hydrogen) atoms. The number of ketones is 1. The lowest BCUT2D eigenvalue weighted by atomic mass is 9.88. The van der Waals surface area contributed by atoms with Crippen LogP contribution in [-0.2, 0) is 0 Å². The summed E-state index contributed by atoms with van der Waals surface area (Å²) >= 11 is 1.88. The maximum Gasteiger partial charge on any atom is 0.170 e. The van der Waals surface area contributed by atoms with Crippen LogP contribution in [0.1, 0.15) is 30.1 Å². The third kappa shape index (κ3) is 1.88. The number of thioether (sulfide) groups is 1. The van der Waals surface area contributed by atoms with Crippen molar-refractivity contribution in [2.24, 2.45) is 0 Å². The summed E-state index contributed by atoms with van der Waals surface area (Å²) in [6, 6.07) is 5.43. The summed E-state index contributed by atoms with van der Waals surface area (Å²) in [6.45, 7) is 2.19. The molecule has 2 aliphatic heterocycles. The molecule has 1 fully saturated rings.